The van der Waals surface area contributed by atoms with Crippen LogP contribution in [-0.4, -0.2) is 39.3 Å². The monoisotopic (exact) mass is 445 g/mol. The number of benzene rings is 1. The smallest absolute Gasteiger partial charge is 0.247 e. The molecular formula is C24H23N5O2S. The molecule has 7 nitrogen and oxygen atoms in total. The first-order valence-corrected chi connectivity index (χ1v) is 11.5. The van der Waals surface area contributed by atoms with Crippen LogP contribution in [0, 0.1) is 30.6 Å². The highest BCUT2D eigenvalue weighted by atomic mass is 32.1. The minimum Gasteiger partial charge on any atom is -0.330 e. The summed E-state index contributed by atoms with van der Waals surface area (Å²) in [6.45, 7) is 4.54. The summed E-state index contributed by atoms with van der Waals surface area (Å²) in [5.74, 6) is -0.239. The molecular weight excluding hydrogens is 422 g/mol. The van der Waals surface area contributed by atoms with Crippen LogP contribution in [0.5, 0.6) is 0 Å². The molecule has 3 aromatic rings. The number of carbonyl (C=O) groups is 2. The van der Waals surface area contributed by atoms with Crippen LogP contribution in [0.4, 0.5) is 5.69 Å². The number of thiazole rings is 1. The average Bonchev–Trinajstić information content (AvgIpc) is 3.30. The van der Waals surface area contributed by atoms with Gasteiger partial charge in [0.25, 0.3) is 0 Å². The van der Waals surface area contributed by atoms with E-state index in [1.165, 1.54) is 0 Å². The Hall–Kier alpha value is -3.31. The van der Waals surface area contributed by atoms with Crippen LogP contribution in [0.3, 0.4) is 0 Å². The molecule has 1 aliphatic heterocycles. The summed E-state index contributed by atoms with van der Waals surface area (Å²) in [5, 5.41) is 14.0. The van der Waals surface area contributed by atoms with E-state index >= 15 is 0 Å². The van der Waals surface area contributed by atoms with Gasteiger partial charge < -0.3 is 10.2 Å². The van der Waals surface area contributed by atoms with Gasteiger partial charge in [0.1, 0.15) is 12.1 Å². The minimum atomic E-state index is -0.507. The van der Waals surface area contributed by atoms with Gasteiger partial charge >= 0.3 is 0 Å². The number of nitrogens with one attached hydrogen (secondary N) is 1. The number of anilines is 1. The molecule has 0 radical (unpaired) electrons. The molecule has 32 heavy (non-hydrogen) atoms. The molecule has 2 aromatic heterocycles. The molecule has 8 heteroatoms. The molecule has 1 saturated heterocycles. The first-order valence-electron chi connectivity index (χ1n) is 10.7. The number of likely N-dealkylation sites (tertiary alicyclic amines) is 1. The third kappa shape index (κ3) is 3.63. The van der Waals surface area contributed by atoms with Gasteiger partial charge in [-0.1, -0.05) is 0 Å². The fourth-order valence-electron chi connectivity index (χ4n) is 4.66. The van der Waals surface area contributed by atoms with Crippen molar-refractivity contribution in [2.75, 3.05) is 11.9 Å². The minimum absolute atomic E-state index is 0.0475. The third-order valence-electron chi connectivity index (χ3n) is 6.55. The maximum Gasteiger partial charge on any atom is 0.247 e. The van der Waals surface area contributed by atoms with Gasteiger partial charge in [0.05, 0.1) is 33.9 Å². The standard InChI is InChI=1S/C24H23N5O2S/c1-14-19(27-15(2)32-14)10-21(30)29-13-24(7-8-24)11-20(29)23(31)28-18-6-5-16(12-25)22-17(18)4-3-9-26-22/h3-6,9,20H,7-8,10-11,13H2,1-2H3,(H,28,31)/t20-/m1/s1. The number of rotatable bonds is 4. The number of nitrogens with zero attached hydrogens (tertiary/aromatic N) is 4. The van der Waals surface area contributed by atoms with Crippen molar-refractivity contribution in [2.45, 2.75) is 45.6 Å². The number of fused-ring (bicyclic) bond motifs is 1. The number of nitriles is 1. The number of hydrogen-bond donors (Lipinski definition) is 1. The van der Waals surface area contributed by atoms with Crippen molar-refractivity contribution in [1.82, 2.24) is 14.9 Å². The van der Waals surface area contributed by atoms with Crippen molar-refractivity contribution < 1.29 is 9.59 Å². The van der Waals surface area contributed by atoms with Crippen LogP contribution < -0.4 is 5.32 Å². The van der Waals surface area contributed by atoms with Crippen molar-refractivity contribution in [3.63, 3.8) is 0 Å². The van der Waals surface area contributed by atoms with E-state index in [1.54, 1.807) is 40.6 Å². The van der Waals surface area contributed by atoms with Crippen LogP contribution in [0.1, 0.15) is 40.4 Å². The van der Waals surface area contributed by atoms with Crippen LogP contribution in [-0.2, 0) is 16.0 Å². The number of amides is 2. The van der Waals surface area contributed by atoms with Crippen LogP contribution in [0.15, 0.2) is 30.5 Å². The Kier molecular flexibility index (Phi) is 4.94. The lowest BCUT2D eigenvalue weighted by atomic mass is 10.0. The Morgan fingerprint density at radius 1 is 1.31 bits per heavy atom. The summed E-state index contributed by atoms with van der Waals surface area (Å²) < 4.78 is 0. The van der Waals surface area contributed by atoms with Gasteiger partial charge in [0.15, 0.2) is 0 Å². The summed E-state index contributed by atoms with van der Waals surface area (Å²) in [6, 6.07) is 8.65. The molecule has 1 aliphatic carbocycles. The zero-order valence-corrected chi connectivity index (χ0v) is 18.8. The zero-order chi connectivity index (χ0) is 22.5. The van der Waals surface area contributed by atoms with E-state index < -0.39 is 6.04 Å². The van der Waals surface area contributed by atoms with Crippen molar-refractivity contribution in [3.8, 4) is 6.07 Å². The Balaban J connectivity index is 1.40. The summed E-state index contributed by atoms with van der Waals surface area (Å²) in [6.07, 6.45) is 4.65. The zero-order valence-electron chi connectivity index (χ0n) is 18.0. The van der Waals surface area contributed by atoms with Crippen molar-refractivity contribution in [1.29, 1.82) is 5.26 Å². The lowest BCUT2D eigenvalue weighted by Crippen LogP contribution is -2.44. The molecule has 3 heterocycles. The second kappa shape index (κ2) is 7.68. The van der Waals surface area contributed by atoms with Crippen molar-refractivity contribution in [3.05, 3.63) is 51.6 Å². The normalized spacial score (nSPS) is 18.7. The molecule has 1 atom stereocenters. The number of carbonyl (C=O) groups excluding carboxylic acids is 2. The van der Waals surface area contributed by atoms with E-state index in [0.29, 0.717) is 35.1 Å². The Bertz CT molecular complexity index is 1290. The van der Waals surface area contributed by atoms with Gasteiger partial charge in [-0.2, -0.15) is 5.26 Å². The fraction of sp³-hybridized carbons (Fsp3) is 0.375. The first kappa shape index (κ1) is 20.6. The third-order valence-corrected chi connectivity index (χ3v) is 7.48. The maximum atomic E-state index is 13.4. The van der Waals surface area contributed by atoms with Gasteiger partial charge in [-0.05, 0) is 62.8 Å². The molecule has 1 spiro atoms. The quantitative estimate of drug-likeness (QED) is 0.660. The van der Waals surface area contributed by atoms with E-state index in [0.717, 1.165) is 28.4 Å². The summed E-state index contributed by atoms with van der Waals surface area (Å²) in [7, 11) is 0. The molecule has 2 amide bonds. The number of aryl methyl sites for hydroxylation is 2. The second-order valence-corrected chi connectivity index (χ2v) is 10.2. The highest BCUT2D eigenvalue weighted by molar-refractivity contribution is 7.11. The molecule has 5 rings (SSSR count). The second-order valence-electron chi connectivity index (χ2n) is 8.82. The molecule has 2 aliphatic rings. The molecule has 0 unspecified atom stereocenters. The number of hydrogen-bond acceptors (Lipinski definition) is 6. The van der Waals surface area contributed by atoms with Crippen molar-refractivity contribution >= 4 is 39.7 Å². The van der Waals surface area contributed by atoms with Gasteiger partial charge in [-0.15, -0.1) is 11.3 Å². The lowest BCUT2D eigenvalue weighted by Gasteiger charge is -2.24. The topological polar surface area (TPSA) is 99.0 Å². The molecule has 1 aromatic carbocycles. The van der Waals surface area contributed by atoms with Crippen LogP contribution in [0.2, 0.25) is 0 Å². The van der Waals surface area contributed by atoms with Gasteiger partial charge in [-0.25, -0.2) is 4.98 Å². The van der Waals surface area contributed by atoms with E-state index in [-0.39, 0.29) is 23.7 Å². The number of pyridine rings is 1. The molecule has 2 fully saturated rings. The van der Waals surface area contributed by atoms with E-state index in [1.807, 2.05) is 19.9 Å². The fourth-order valence-corrected chi connectivity index (χ4v) is 5.50. The lowest BCUT2D eigenvalue weighted by molar-refractivity contribution is -0.136. The highest BCUT2D eigenvalue weighted by Gasteiger charge is 2.55. The number of aromatic nitrogens is 2. The summed E-state index contributed by atoms with van der Waals surface area (Å²) in [4.78, 5) is 38.2. The predicted octanol–water partition coefficient (Wildman–Crippen LogP) is 3.74. The van der Waals surface area contributed by atoms with Gasteiger partial charge in [-0.3, -0.25) is 14.6 Å². The molecule has 0 bridgehead atoms. The molecule has 1 saturated carbocycles. The summed E-state index contributed by atoms with van der Waals surface area (Å²) in [5.41, 5.74) is 2.51. The molecule has 162 valence electrons. The largest absolute Gasteiger partial charge is 0.330 e. The maximum absolute atomic E-state index is 13.4. The highest BCUT2D eigenvalue weighted by Crippen LogP contribution is 2.55. The SMILES string of the molecule is Cc1nc(CC(=O)N2CC3(CC3)C[C@@H]2C(=O)Nc2ccc(C#N)c3ncccc23)c(C)s1. The van der Waals surface area contributed by atoms with E-state index in [9.17, 15) is 14.9 Å². The van der Waals surface area contributed by atoms with Crippen molar-refractivity contribution in [2.24, 2.45) is 5.41 Å². The Labute approximate surface area is 190 Å². The predicted molar refractivity (Wildman–Crippen MR) is 122 cm³/mol. The molecule has 1 N–H and O–H groups in total. The van der Waals surface area contributed by atoms with Crippen LogP contribution in [0.25, 0.3) is 10.9 Å². The Morgan fingerprint density at radius 3 is 2.81 bits per heavy atom. The average molecular weight is 446 g/mol. The van der Waals surface area contributed by atoms with Gasteiger partial charge in [0.2, 0.25) is 11.8 Å². The first-order chi connectivity index (χ1) is 15.4. The Morgan fingerprint density at radius 2 is 2.12 bits per heavy atom. The van der Waals surface area contributed by atoms with E-state index in [2.05, 4.69) is 21.4 Å². The van der Waals surface area contributed by atoms with Gasteiger partial charge in [0, 0.05) is 23.0 Å². The van der Waals surface area contributed by atoms with E-state index in [4.69, 9.17) is 0 Å². The van der Waals surface area contributed by atoms with Crippen LogP contribution >= 0.6 is 11.3 Å². The summed E-state index contributed by atoms with van der Waals surface area (Å²) >= 11 is 1.59.